The fourth-order valence-corrected chi connectivity index (χ4v) is 2.04. The summed E-state index contributed by atoms with van der Waals surface area (Å²) < 4.78 is 19.0. The molecule has 18 heavy (non-hydrogen) atoms. The summed E-state index contributed by atoms with van der Waals surface area (Å²) in [4.78, 5) is 0. The van der Waals surface area contributed by atoms with Crippen molar-refractivity contribution < 1.29 is 14.2 Å². The van der Waals surface area contributed by atoms with E-state index < -0.39 is 6.10 Å². The van der Waals surface area contributed by atoms with E-state index in [-0.39, 0.29) is 5.82 Å². The van der Waals surface area contributed by atoms with Crippen LogP contribution in [0.3, 0.4) is 0 Å². The molecule has 2 N–H and O–H groups in total. The molecule has 1 saturated carbocycles. The fourth-order valence-electron chi connectivity index (χ4n) is 2.04. The number of aliphatic hydroxyl groups excluding tert-OH is 1. The number of ether oxygens (including phenoxy) is 1. The van der Waals surface area contributed by atoms with Crippen molar-refractivity contribution in [2.75, 3.05) is 20.2 Å². The van der Waals surface area contributed by atoms with Gasteiger partial charge in [0, 0.05) is 12.6 Å². The largest absolute Gasteiger partial charge is 0.493 e. The first-order valence-electron chi connectivity index (χ1n) is 6.45. The van der Waals surface area contributed by atoms with Gasteiger partial charge >= 0.3 is 0 Å². The standard InChI is InChI=1S/C14H20FNO2/c1-16-8-14(17)11-5-12(15)7-13(6-11)18-9-10-3-2-4-10/h5-7,10,14,16-17H,2-4,8-9H2,1H3. The van der Waals surface area contributed by atoms with E-state index in [1.54, 1.807) is 13.1 Å². The molecule has 0 amide bonds. The van der Waals surface area contributed by atoms with Crippen LogP contribution in [-0.4, -0.2) is 25.3 Å². The van der Waals surface area contributed by atoms with Gasteiger partial charge in [-0.2, -0.15) is 0 Å². The van der Waals surface area contributed by atoms with E-state index in [1.165, 1.54) is 31.4 Å². The first-order chi connectivity index (χ1) is 8.69. The molecule has 1 aromatic carbocycles. The Labute approximate surface area is 107 Å². The lowest BCUT2D eigenvalue weighted by Gasteiger charge is -2.25. The lowest BCUT2D eigenvalue weighted by atomic mass is 9.86. The maximum atomic E-state index is 13.4. The highest BCUT2D eigenvalue weighted by Gasteiger charge is 2.18. The van der Waals surface area contributed by atoms with Gasteiger partial charge in [0.25, 0.3) is 0 Å². The van der Waals surface area contributed by atoms with Crippen LogP contribution >= 0.6 is 0 Å². The fraction of sp³-hybridized carbons (Fsp3) is 0.571. The zero-order valence-electron chi connectivity index (χ0n) is 10.7. The monoisotopic (exact) mass is 253 g/mol. The quantitative estimate of drug-likeness (QED) is 0.817. The van der Waals surface area contributed by atoms with Gasteiger partial charge in [-0.05, 0) is 43.5 Å². The van der Waals surface area contributed by atoms with Crippen molar-refractivity contribution in [2.45, 2.75) is 25.4 Å². The second kappa shape index (κ2) is 6.16. The van der Waals surface area contributed by atoms with E-state index in [4.69, 9.17) is 4.74 Å². The molecule has 0 heterocycles. The van der Waals surface area contributed by atoms with Crippen LogP contribution in [0.1, 0.15) is 30.9 Å². The second-order valence-corrected chi connectivity index (χ2v) is 4.90. The van der Waals surface area contributed by atoms with Crippen molar-refractivity contribution in [3.8, 4) is 5.75 Å². The summed E-state index contributed by atoms with van der Waals surface area (Å²) in [5.74, 6) is 0.747. The summed E-state index contributed by atoms with van der Waals surface area (Å²) in [5, 5.41) is 12.7. The Morgan fingerprint density at radius 1 is 1.44 bits per heavy atom. The number of nitrogens with one attached hydrogen (secondary N) is 1. The number of hydrogen-bond donors (Lipinski definition) is 2. The Balaban J connectivity index is 2.00. The third-order valence-corrected chi connectivity index (χ3v) is 3.39. The van der Waals surface area contributed by atoms with Gasteiger partial charge in [0.1, 0.15) is 11.6 Å². The smallest absolute Gasteiger partial charge is 0.127 e. The van der Waals surface area contributed by atoms with E-state index in [0.717, 1.165) is 0 Å². The Kier molecular flexibility index (Phi) is 4.55. The van der Waals surface area contributed by atoms with Crippen LogP contribution in [0.25, 0.3) is 0 Å². The Hall–Kier alpha value is -1.13. The third kappa shape index (κ3) is 3.43. The van der Waals surface area contributed by atoms with Gasteiger partial charge in [0.05, 0.1) is 12.7 Å². The van der Waals surface area contributed by atoms with Crippen LogP contribution in [0.2, 0.25) is 0 Å². The van der Waals surface area contributed by atoms with Crippen molar-refractivity contribution >= 4 is 0 Å². The topological polar surface area (TPSA) is 41.5 Å². The molecule has 1 aromatic rings. The van der Waals surface area contributed by atoms with E-state index in [1.807, 2.05) is 0 Å². The molecule has 4 heteroatoms. The van der Waals surface area contributed by atoms with Crippen molar-refractivity contribution in [2.24, 2.45) is 5.92 Å². The molecule has 100 valence electrons. The van der Waals surface area contributed by atoms with Crippen molar-refractivity contribution in [1.82, 2.24) is 5.32 Å². The highest BCUT2D eigenvalue weighted by atomic mass is 19.1. The van der Waals surface area contributed by atoms with Gasteiger partial charge in [0.15, 0.2) is 0 Å². The molecular formula is C14H20FNO2. The summed E-state index contributed by atoms with van der Waals surface area (Å²) in [5.41, 5.74) is 0.549. The molecule has 0 aromatic heterocycles. The number of aliphatic hydroxyl groups is 1. The summed E-state index contributed by atoms with van der Waals surface area (Å²) in [6.07, 6.45) is 2.95. The normalized spacial score (nSPS) is 17.3. The molecule has 0 bridgehead atoms. The average molecular weight is 253 g/mol. The van der Waals surface area contributed by atoms with Gasteiger partial charge < -0.3 is 15.2 Å². The minimum absolute atomic E-state index is 0.369. The Morgan fingerprint density at radius 2 is 2.22 bits per heavy atom. The van der Waals surface area contributed by atoms with Crippen LogP contribution in [0.5, 0.6) is 5.75 Å². The number of halogens is 1. The average Bonchev–Trinajstić information content (AvgIpc) is 2.26. The molecule has 0 aliphatic heterocycles. The molecule has 1 atom stereocenters. The molecule has 3 nitrogen and oxygen atoms in total. The molecule has 1 aliphatic carbocycles. The predicted octanol–water partition coefficient (Wildman–Crippen LogP) is 2.26. The number of rotatable bonds is 6. The van der Waals surface area contributed by atoms with Crippen LogP contribution in [0, 0.1) is 11.7 Å². The zero-order valence-corrected chi connectivity index (χ0v) is 10.7. The van der Waals surface area contributed by atoms with E-state index >= 15 is 0 Å². The minimum atomic E-state index is -0.711. The van der Waals surface area contributed by atoms with E-state index in [2.05, 4.69) is 5.32 Å². The molecular weight excluding hydrogens is 233 g/mol. The number of benzene rings is 1. The zero-order chi connectivity index (χ0) is 13.0. The second-order valence-electron chi connectivity index (χ2n) is 4.90. The highest BCUT2D eigenvalue weighted by Crippen LogP contribution is 2.28. The molecule has 0 radical (unpaired) electrons. The lowest BCUT2D eigenvalue weighted by molar-refractivity contribution is 0.171. The summed E-state index contributed by atoms with van der Waals surface area (Å²) in [6, 6.07) is 4.43. The first-order valence-corrected chi connectivity index (χ1v) is 6.45. The van der Waals surface area contributed by atoms with Crippen molar-refractivity contribution in [3.05, 3.63) is 29.6 Å². The first kappa shape index (κ1) is 13.3. The summed E-state index contributed by atoms with van der Waals surface area (Å²) >= 11 is 0. The molecule has 1 fully saturated rings. The highest BCUT2D eigenvalue weighted by molar-refractivity contribution is 5.31. The Morgan fingerprint density at radius 3 is 2.83 bits per heavy atom. The minimum Gasteiger partial charge on any atom is -0.493 e. The van der Waals surface area contributed by atoms with Gasteiger partial charge in [-0.3, -0.25) is 0 Å². The van der Waals surface area contributed by atoms with Crippen molar-refractivity contribution in [3.63, 3.8) is 0 Å². The summed E-state index contributed by atoms with van der Waals surface area (Å²) in [6.45, 7) is 1.04. The van der Waals surface area contributed by atoms with Crippen LogP contribution < -0.4 is 10.1 Å². The maximum absolute atomic E-state index is 13.4. The van der Waals surface area contributed by atoms with Crippen LogP contribution in [-0.2, 0) is 0 Å². The SMILES string of the molecule is CNCC(O)c1cc(F)cc(OCC2CCC2)c1. The maximum Gasteiger partial charge on any atom is 0.127 e. The van der Waals surface area contributed by atoms with Crippen molar-refractivity contribution in [1.29, 1.82) is 0 Å². The molecule has 0 spiro atoms. The molecule has 1 aliphatic rings. The van der Waals surface area contributed by atoms with Crippen LogP contribution in [0.15, 0.2) is 18.2 Å². The predicted molar refractivity (Wildman–Crippen MR) is 68.1 cm³/mol. The van der Waals surface area contributed by atoms with E-state index in [9.17, 15) is 9.50 Å². The van der Waals surface area contributed by atoms with Gasteiger partial charge in [-0.15, -0.1) is 0 Å². The number of hydrogen-bond acceptors (Lipinski definition) is 3. The van der Waals surface area contributed by atoms with Gasteiger partial charge in [0.2, 0.25) is 0 Å². The van der Waals surface area contributed by atoms with Gasteiger partial charge in [-0.1, -0.05) is 6.42 Å². The summed E-state index contributed by atoms with van der Waals surface area (Å²) in [7, 11) is 1.75. The molecule has 0 saturated heterocycles. The van der Waals surface area contributed by atoms with Crippen LogP contribution in [0.4, 0.5) is 4.39 Å². The van der Waals surface area contributed by atoms with E-state index in [0.29, 0.717) is 30.4 Å². The van der Waals surface area contributed by atoms with Gasteiger partial charge in [-0.25, -0.2) is 4.39 Å². The third-order valence-electron chi connectivity index (χ3n) is 3.39. The number of likely N-dealkylation sites (N-methyl/N-ethyl adjacent to an activating group) is 1. The lowest BCUT2D eigenvalue weighted by Crippen LogP contribution is -2.20. The Bertz CT molecular complexity index is 393. The molecule has 1 unspecified atom stereocenters. The molecule has 2 rings (SSSR count).